The summed E-state index contributed by atoms with van der Waals surface area (Å²) in [5.74, 6) is -1.13. The second-order valence-corrected chi connectivity index (χ2v) is 7.03. The molecule has 0 spiro atoms. The Morgan fingerprint density at radius 1 is 1.13 bits per heavy atom. The van der Waals surface area contributed by atoms with Gasteiger partial charge in [0, 0.05) is 5.02 Å². The van der Waals surface area contributed by atoms with Crippen molar-refractivity contribution in [2.75, 3.05) is 25.7 Å². The number of amides is 2. The summed E-state index contributed by atoms with van der Waals surface area (Å²) in [4.78, 5) is 38.0. The summed E-state index contributed by atoms with van der Waals surface area (Å²) in [5.41, 5.74) is 0.855. The van der Waals surface area contributed by atoms with Gasteiger partial charge in [0.1, 0.15) is 5.57 Å². The van der Waals surface area contributed by atoms with Crippen LogP contribution in [0.15, 0.2) is 48.0 Å². The molecule has 0 saturated carbocycles. The van der Waals surface area contributed by atoms with E-state index < -0.39 is 17.8 Å². The zero-order valence-corrected chi connectivity index (χ0v) is 18.1. The first-order chi connectivity index (χ1) is 14.8. The van der Waals surface area contributed by atoms with Crippen molar-refractivity contribution in [3.63, 3.8) is 0 Å². The Kier molecular flexibility index (Phi) is 6.88. The average Bonchev–Trinajstić information content (AvgIpc) is 2.76. The van der Waals surface area contributed by atoms with Gasteiger partial charge in [0.25, 0.3) is 11.8 Å². The van der Waals surface area contributed by atoms with E-state index in [4.69, 9.17) is 33.3 Å². The number of carbonyl (C=O) groups is 3. The molecule has 1 heterocycles. The van der Waals surface area contributed by atoms with Crippen LogP contribution in [0, 0.1) is 0 Å². The van der Waals surface area contributed by atoms with Gasteiger partial charge in [0.05, 0.1) is 19.9 Å². The highest BCUT2D eigenvalue weighted by molar-refractivity contribution is 7.80. The molecule has 1 aliphatic heterocycles. The highest BCUT2D eigenvalue weighted by Crippen LogP contribution is 2.30. The van der Waals surface area contributed by atoms with Crippen molar-refractivity contribution in [2.45, 2.75) is 0 Å². The number of rotatable bonds is 6. The first-order valence-corrected chi connectivity index (χ1v) is 9.67. The molecule has 1 fully saturated rings. The topological polar surface area (TPSA) is 94.2 Å². The number of carbonyl (C=O) groups excluding carboxylic acids is 3. The van der Waals surface area contributed by atoms with Crippen LogP contribution in [0.5, 0.6) is 11.5 Å². The van der Waals surface area contributed by atoms with Crippen molar-refractivity contribution >= 4 is 58.5 Å². The van der Waals surface area contributed by atoms with Crippen molar-refractivity contribution < 1.29 is 28.6 Å². The molecule has 0 radical (unpaired) electrons. The first-order valence-electron chi connectivity index (χ1n) is 8.88. The van der Waals surface area contributed by atoms with E-state index in [1.165, 1.54) is 25.2 Å². The maximum absolute atomic E-state index is 13.0. The number of hydrogen-bond donors (Lipinski definition) is 1. The lowest BCUT2D eigenvalue weighted by Gasteiger charge is -2.29. The minimum atomic E-state index is -0.620. The van der Waals surface area contributed by atoms with Crippen LogP contribution in [0.1, 0.15) is 5.56 Å². The van der Waals surface area contributed by atoms with E-state index in [0.717, 1.165) is 0 Å². The van der Waals surface area contributed by atoms with E-state index in [9.17, 15) is 14.4 Å². The summed E-state index contributed by atoms with van der Waals surface area (Å²) in [7, 11) is 2.68. The molecule has 2 aromatic carbocycles. The molecular formula is C21H17ClN2O6S. The Balaban J connectivity index is 1.91. The third-order valence-corrected chi connectivity index (χ3v) is 4.79. The average molecular weight is 461 g/mol. The summed E-state index contributed by atoms with van der Waals surface area (Å²) >= 11 is 11.1. The summed E-state index contributed by atoms with van der Waals surface area (Å²) < 4.78 is 15.2. The number of benzene rings is 2. The number of hydrogen-bond acceptors (Lipinski definition) is 7. The van der Waals surface area contributed by atoms with E-state index >= 15 is 0 Å². The third kappa shape index (κ3) is 5.01. The lowest BCUT2D eigenvalue weighted by Crippen LogP contribution is -2.54. The number of methoxy groups -OCH3 is 2. The highest BCUT2D eigenvalue weighted by Gasteiger charge is 2.34. The second kappa shape index (κ2) is 9.59. The van der Waals surface area contributed by atoms with Crippen LogP contribution >= 0.6 is 23.8 Å². The maximum atomic E-state index is 13.0. The van der Waals surface area contributed by atoms with E-state index in [0.29, 0.717) is 27.8 Å². The molecular weight excluding hydrogens is 444 g/mol. The van der Waals surface area contributed by atoms with Gasteiger partial charge in [-0.05, 0) is 60.3 Å². The third-order valence-electron chi connectivity index (χ3n) is 4.26. The molecule has 2 amide bonds. The van der Waals surface area contributed by atoms with Crippen molar-refractivity contribution in [1.29, 1.82) is 0 Å². The molecule has 0 atom stereocenters. The first kappa shape index (κ1) is 22.3. The normalized spacial score (nSPS) is 15.0. The summed E-state index contributed by atoms with van der Waals surface area (Å²) in [6.07, 6.45) is 1.41. The predicted octanol–water partition coefficient (Wildman–Crippen LogP) is 2.73. The van der Waals surface area contributed by atoms with Gasteiger partial charge in [-0.3, -0.25) is 19.8 Å². The summed E-state index contributed by atoms with van der Waals surface area (Å²) in [6.45, 7) is -0.290. The molecule has 2 aromatic rings. The minimum Gasteiger partial charge on any atom is -0.493 e. The number of esters is 1. The highest BCUT2D eigenvalue weighted by atomic mass is 35.5. The molecule has 0 aromatic heterocycles. The fraction of sp³-hybridized carbons (Fsp3) is 0.143. The Morgan fingerprint density at radius 3 is 2.48 bits per heavy atom. The van der Waals surface area contributed by atoms with Crippen LogP contribution in [0.3, 0.4) is 0 Å². The van der Waals surface area contributed by atoms with Gasteiger partial charge in [-0.2, -0.15) is 0 Å². The van der Waals surface area contributed by atoms with E-state index in [-0.39, 0.29) is 17.3 Å². The molecule has 3 rings (SSSR count). The molecule has 0 bridgehead atoms. The minimum absolute atomic E-state index is 0.0291. The van der Waals surface area contributed by atoms with Crippen LogP contribution in [0.4, 0.5) is 5.69 Å². The number of halogens is 1. The summed E-state index contributed by atoms with van der Waals surface area (Å²) in [5, 5.41) is 2.98. The fourth-order valence-electron chi connectivity index (χ4n) is 2.74. The Hall–Kier alpha value is -3.43. The number of ether oxygens (including phenoxy) is 3. The second-order valence-electron chi connectivity index (χ2n) is 6.21. The van der Waals surface area contributed by atoms with E-state index in [1.54, 1.807) is 42.5 Å². The zero-order valence-electron chi connectivity index (χ0n) is 16.5. The maximum Gasteiger partial charge on any atom is 0.343 e. The molecule has 1 N–H and O–H groups in total. The SMILES string of the molecule is COC(=O)COc1ccc(/C=C2/C(=O)NC(=S)N(c3ccc(Cl)cc3)C2=O)cc1OC. The van der Waals surface area contributed by atoms with Gasteiger partial charge < -0.3 is 14.2 Å². The smallest absolute Gasteiger partial charge is 0.343 e. The molecule has 0 unspecified atom stereocenters. The lowest BCUT2D eigenvalue weighted by atomic mass is 10.1. The quantitative estimate of drug-likeness (QED) is 0.306. The standard InChI is InChI=1S/C21H17ClN2O6S/c1-28-17-10-12(3-8-16(17)30-11-18(25)29-2)9-15-19(26)23-21(31)24(20(15)27)14-6-4-13(22)5-7-14/h3-10H,11H2,1-2H3,(H,23,26,31)/b15-9-. The zero-order chi connectivity index (χ0) is 22.5. The van der Waals surface area contributed by atoms with Crippen molar-refractivity contribution in [2.24, 2.45) is 0 Å². The summed E-state index contributed by atoms with van der Waals surface area (Å²) in [6, 6.07) is 11.2. The van der Waals surface area contributed by atoms with Crippen LogP contribution in [0.25, 0.3) is 6.08 Å². The largest absolute Gasteiger partial charge is 0.493 e. The van der Waals surface area contributed by atoms with Gasteiger partial charge in [-0.15, -0.1) is 0 Å². The van der Waals surface area contributed by atoms with Gasteiger partial charge in [0.15, 0.2) is 23.2 Å². The van der Waals surface area contributed by atoms with Gasteiger partial charge >= 0.3 is 5.97 Å². The van der Waals surface area contributed by atoms with E-state index in [2.05, 4.69) is 10.1 Å². The fourth-order valence-corrected chi connectivity index (χ4v) is 3.14. The monoisotopic (exact) mass is 460 g/mol. The number of nitrogens with zero attached hydrogens (tertiary/aromatic N) is 1. The van der Waals surface area contributed by atoms with E-state index in [1.807, 2.05) is 0 Å². The van der Waals surface area contributed by atoms with Crippen LogP contribution < -0.4 is 19.7 Å². The Morgan fingerprint density at radius 2 is 1.84 bits per heavy atom. The molecule has 8 nitrogen and oxygen atoms in total. The lowest BCUT2D eigenvalue weighted by molar-refractivity contribution is -0.143. The van der Waals surface area contributed by atoms with Crippen LogP contribution in [-0.4, -0.2) is 43.7 Å². The Bertz CT molecular complexity index is 1080. The van der Waals surface area contributed by atoms with Gasteiger partial charge in [-0.1, -0.05) is 17.7 Å². The van der Waals surface area contributed by atoms with Crippen molar-refractivity contribution in [3.8, 4) is 11.5 Å². The van der Waals surface area contributed by atoms with Crippen LogP contribution in [0.2, 0.25) is 5.02 Å². The molecule has 0 aliphatic carbocycles. The number of thiocarbonyl (C=S) groups is 1. The number of nitrogens with one attached hydrogen (secondary N) is 1. The predicted molar refractivity (Wildman–Crippen MR) is 118 cm³/mol. The molecule has 160 valence electrons. The molecule has 31 heavy (non-hydrogen) atoms. The van der Waals surface area contributed by atoms with Crippen LogP contribution in [-0.2, 0) is 19.1 Å². The van der Waals surface area contributed by atoms with Gasteiger partial charge in [-0.25, -0.2) is 4.79 Å². The van der Waals surface area contributed by atoms with Crippen molar-refractivity contribution in [1.82, 2.24) is 5.32 Å². The Labute approximate surface area is 188 Å². The molecule has 10 heteroatoms. The van der Waals surface area contributed by atoms with Crippen molar-refractivity contribution in [3.05, 3.63) is 58.6 Å². The van der Waals surface area contributed by atoms with Gasteiger partial charge in [0.2, 0.25) is 0 Å². The molecule has 1 saturated heterocycles. The molecule has 1 aliphatic rings. The number of anilines is 1.